The smallest absolute Gasteiger partial charge is 0.122 e. The number of aryl methyl sites for hydroxylation is 3. The van der Waals surface area contributed by atoms with Crippen LogP contribution in [0, 0.1) is 13.8 Å². The highest BCUT2D eigenvalue weighted by Gasteiger charge is 2.08. The Morgan fingerprint density at radius 2 is 1.36 bits per heavy atom. The van der Waals surface area contributed by atoms with Crippen molar-refractivity contribution in [3.05, 3.63) is 64.2 Å². The van der Waals surface area contributed by atoms with Gasteiger partial charge in [-0.25, -0.2) is 0 Å². The van der Waals surface area contributed by atoms with Crippen LogP contribution in [0.4, 0.5) is 0 Å². The molecule has 0 aliphatic rings. The lowest BCUT2D eigenvalue weighted by Crippen LogP contribution is -2.02. The number of hydrogen-bond acceptors (Lipinski definition) is 1. The third-order valence-electron chi connectivity index (χ3n) is 5.10. The molecule has 136 valence electrons. The van der Waals surface area contributed by atoms with Crippen molar-refractivity contribution < 1.29 is 4.74 Å². The molecule has 0 atom stereocenters. The quantitative estimate of drug-likeness (QED) is 0.443. The molecule has 2 rings (SSSR count). The van der Waals surface area contributed by atoms with E-state index < -0.39 is 0 Å². The lowest BCUT2D eigenvalue weighted by atomic mass is 9.96. The van der Waals surface area contributed by atoms with Crippen LogP contribution in [0.3, 0.4) is 0 Å². The average Bonchev–Trinajstić information content (AvgIpc) is 2.63. The van der Waals surface area contributed by atoms with E-state index in [4.69, 9.17) is 4.74 Å². The lowest BCUT2D eigenvalue weighted by molar-refractivity contribution is 0.304. The molecule has 1 heteroatoms. The van der Waals surface area contributed by atoms with Gasteiger partial charge in [-0.2, -0.15) is 0 Å². The molecule has 0 heterocycles. The Kier molecular flexibility index (Phi) is 8.04. The van der Waals surface area contributed by atoms with Crippen molar-refractivity contribution in [3.8, 4) is 5.75 Å². The second kappa shape index (κ2) is 10.3. The van der Waals surface area contributed by atoms with E-state index in [1.165, 1.54) is 53.5 Å². The number of hydrogen-bond donors (Lipinski definition) is 0. The molecule has 0 unspecified atom stereocenters. The molecule has 1 nitrogen and oxygen atoms in total. The summed E-state index contributed by atoms with van der Waals surface area (Å²) in [7, 11) is 0. The highest BCUT2D eigenvalue weighted by atomic mass is 16.5. The Labute approximate surface area is 154 Å². The summed E-state index contributed by atoms with van der Waals surface area (Å²) in [6.07, 6.45) is 8.21. The van der Waals surface area contributed by atoms with Crippen molar-refractivity contribution in [3.63, 3.8) is 0 Å². The van der Waals surface area contributed by atoms with E-state index in [-0.39, 0.29) is 0 Å². The summed E-state index contributed by atoms with van der Waals surface area (Å²) in [6, 6.07) is 13.6. The first-order valence-corrected chi connectivity index (χ1v) is 9.95. The molecule has 0 fully saturated rings. The topological polar surface area (TPSA) is 9.23 Å². The van der Waals surface area contributed by atoms with Crippen molar-refractivity contribution in [2.45, 2.75) is 72.6 Å². The molecule has 2 aromatic rings. The van der Waals surface area contributed by atoms with Crippen LogP contribution >= 0.6 is 0 Å². The fourth-order valence-corrected chi connectivity index (χ4v) is 3.25. The molecular weight excluding hydrogens is 304 g/mol. The molecular formula is C24H34O. The van der Waals surface area contributed by atoms with Crippen LogP contribution in [-0.2, 0) is 19.3 Å². The number of ether oxygens (including phenoxy) is 1. The Bertz CT molecular complexity index is 640. The van der Waals surface area contributed by atoms with Gasteiger partial charge in [-0.05, 0) is 73.4 Å². The van der Waals surface area contributed by atoms with E-state index in [1.54, 1.807) is 0 Å². The zero-order valence-corrected chi connectivity index (χ0v) is 16.5. The van der Waals surface area contributed by atoms with Crippen LogP contribution in [-0.4, -0.2) is 6.61 Å². The molecule has 2 aromatic carbocycles. The molecule has 0 bridgehead atoms. The largest absolute Gasteiger partial charge is 0.493 e. The fourth-order valence-electron chi connectivity index (χ4n) is 3.25. The van der Waals surface area contributed by atoms with E-state index in [9.17, 15) is 0 Å². The first-order chi connectivity index (χ1) is 12.2. The van der Waals surface area contributed by atoms with Gasteiger partial charge < -0.3 is 4.74 Å². The molecule has 25 heavy (non-hydrogen) atoms. The van der Waals surface area contributed by atoms with Crippen LogP contribution in [0.5, 0.6) is 5.75 Å². The van der Waals surface area contributed by atoms with Gasteiger partial charge in [0.25, 0.3) is 0 Å². The van der Waals surface area contributed by atoms with Crippen molar-refractivity contribution >= 4 is 0 Å². The zero-order valence-electron chi connectivity index (χ0n) is 16.5. The molecule has 0 aliphatic carbocycles. The van der Waals surface area contributed by atoms with E-state index in [0.29, 0.717) is 0 Å². The maximum absolute atomic E-state index is 5.97. The van der Waals surface area contributed by atoms with Gasteiger partial charge in [0.15, 0.2) is 0 Å². The van der Waals surface area contributed by atoms with Gasteiger partial charge in [0.2, 0.25) is 0 Å². The molecule has 0 aliphatic heterocycles. The molecule has 0 saturated heterocycles. The van der Waals surface area contributed by atoms with Gasteiger partial charge in [0.05, 0.1) is 6.61 Å². The molecule has 0 radical (unpaired) electrons. The van der Waals surface area contributed by atoms with E-state index >= 15 is 0 Å². The molecule has 0 saturated carbocycles. The Morgan fingerprint density at radius 1 is 0.680 bits per heavy atom. The first-order valence-electron chi connectivity index (χ1n) is 9.95. The Balaban J connectivity index is 1.94. The number of rotatable bonds is 10. The Morgan fingerprint density at radius 3 is 2.00 bits per heavy atom. The van der Waals surface area contributed by atoms with Gasteiger partial charge in [-0.3, -0.25) is 0 Å². The fraction of sp³-hybridized carbons (Fsp3) is 0.500. The van der Waals surface area contributed by atoms with Crippen LogP contribution in [0.1, 0.15) is 67.3 Å². The number of unbranched alkanes of at least 4 members (excludes halogenated alkanes) is 2. The molecule has 0 N–H and O–H groups in total. The summed E-state index contributed by atoms with van der Waals surface area (Å²) in [4.78, 5) is 0. The van der Waals surface area contributed by atoms with Crippen LogP contribution in [0.2, 0.25) is 0 Å². The number of benzene rings is 2. The first kappa shape index (κ1) is 19.6. The highest BCUT2D eigenvalue weighted by molar-refractivity contribution is 5.44. The monoisotopic (exact) mass is 338 g/mol. The predicted molar refractivity (Wildman–Crippen MR) is 109 cm³/mol. The third kappa shape index (κ3) is 5.92. The van der Waals surface area contributed by atoms with Gasteiger partial charge >= 0.3 is 0 Å². The third-order valence-corrected chi connectivity index (χ3v) is 5.10. The standard InChI is InChI=1S/C24H34O/c1-5-7-8-18-25-24-17-16-23(19(3)20(24)4)15-14-22-12-10-21(9-6-2)11-13-22/h10-13,16-17H,5-9,14-15,18H2,1-4H3. The minimum Gasteiger partial charge on any atom is -0.493 e. The summed E-state index contributed by atoms with van der Waals surface area (Å²) in [5, 5.41) is 0. The predicted octanol–water partition coefficient (Wildman–Crippen LogP) is 6.61. The average molecular weight is 339 g/mol. The van der Waals surface area contributed by atoms with E-state index in [2.05, 4.69) is 64.1 Å². The molecule has 0 spiro atoms. The van der Waals surface area contributed by atoms with Gasteiger partial charge in [-0.15, -0.1) is 0 Å². The lowest BCUT2D eigenvalue weighted by Gasteiger charge is -2.15. The summed E-state index contributed by atoms with van der Waals surface area (Å²) in [5.41, 5.74) is 7.00. The van der Waals surface area contributed by atoms with Crippen molar-refractivity contribution in [1.29, 1.82) is 0 Å². The van der Waals surface area contributed by atoms with Crippen molar-refractivity contribution in [1.82, 2.24) is 0 Å². The Hall–Kier alpha value is -1.76. The zero-order chi connectivity index (χ0) is 18.1. The summed E-state index contributed by atoms with van der Waals surface area (Å²) in [5.74, 6) is 1.06. The summed E-state index contributed by atoms with van der Waals surface area (Å²) in [6.45, 7) is 9.71. The maximum atomic E-state index is 5.97. The molecule has 0 amide bonds. The van der Waals surface area contributed by atoms with Gasteiger partial charge in [0, 0.05) is 0 Å². The van der Waals surface area contributed by atoms with Crippen LogP contribution in [0.15, 0.2) is 36.4 Å². The second-order valence-electron chi connectivity index (χ2n) is 7.09. The van der Waals surface area contributed by atoms with Gasteiger partial charge in [0.1, 0.15) is 5.75 Å². The SMILES string of the molecule is CCCCCOc1ccc(CCc2ccc(CCC)cc2)c(C)c1C. The van der Waals surface area contributed by atoms with Crippen molar-refractivity contribution in [2.75, 3.05) is 6.61 Å². The van der Waals surface area contributed by atoms with Crippen molar-refractivity contribution in [2.24, 2.45) is 0 Å². The minimum absolute atomic E-state index is 0.831. The highest BCUT2D eigenvalue weighted by Crippen LogP contribution is 2.25. The van der Waals surface area contributed by atoms with E-state index in [0.717, 1.165) is 31.6 Å². The summed E-state index contributed by atoms with van der Waals surface area (Å²) >= 11 is 0. The molecule has 0 aromatic heterocycles. The van der Waals surface area contributed by atoms with E-state index in [1.807, 2.05) is 0 Å². The van der Waals surface area contributed by atoms with Crippen LogP contribution < -0.4 is 4.74 Å². The summed E-state index contributed by atoms with van der Waals surface area (Å²) < 4.78 is 5.97. The normalized spacial score (nSPS) is 10.9. The second-order valence-corrected chi connectivity index (χ2v) is 7.09. The minimum atomic E-state index is 0.831. The maximum Gasteiger partial charge on any atom is 0.122 e. The van der Waals surface area contributed by atoms with Crippen LogP contribution in [0.25, 0.3) is 0 Å². The van der Waals surface area contributed by atoms with Gasteiger partial charge in [-0.1, -0.05) is 63.4 Å².